The van der Waals surface area contributed by atoms with Gasteiger partial charge in [-0.25, -0.2) is 9.37 Å². The maximum Gasteiger partial charge on any atom is 0.225 e. The second kappa shape index (κ2) is 6.90. The third-order valence-electron chi connectivity index (χ3n) is 2.54. The molecule has 4 nitrogen and oxygen atoms in total. The molecule has 20 heavy (non-hydrogen) atoms. The van der Waals surface area contributed by atoms with Crippen LogP contribution in [0.4, 0.5) is 10.1 Å². The van der Waals surface area contributed by atoms with Crippen molar-refractivity contribution in [2.75, 3.05) is 11.1 Å². The van der Waals surface area contributed by atoms with Gasteiger partial charge in [0.15, 0.2) is 5.16 Å². The molecule has 7 heteroatoms. The van der Waals surface area contributed by atoms with Crippen molar-refractivity contribution in [1.82, 2.24) is 9.55 Å². The highest BCUT2D eigenvalue weighted by Crippen LogP contribution is 2.20. The first-order valence-corrected chi connectivity index (χ1v) is 7.69. The van der Waals surface area contributed by atoms with Crippen molar-refractivity contribution in [3.63, 3.8) is 0 Å². The molecule has 2 rings (SSSR count). The number of anilines is 1. The lowest BCUT2D eigenvalue weighted by atomic mass is 10.3. The molecule has 1 aromatic heterocycles. The number of thioether (sulfide) groups is 1. The van der Waals surface area contributed by atoms with Crippen molar-refractivity contribution in [2.24, 2.45) is 7.05 Å². The van der Waals surface area contributed by atoms with Crippen LogP contribution >= 0.6 is 27.7 Å². The molecule has 106 valence electrons. The Morgan fingerprint density at radius 2 is 2.35 bits per heavy atom. The van der Waals surface area contributed by atoms with E-state index in [2.05, 4.69) is 26.2 Å². The summed E-state index contributed by atoms with van der Waals surface area (Å²) in [6.07, 6.45) is 3.85. The van der Waals surface area contributed by atoms with Crippen LogP contribution in [-0.2, 0) is 11.8 Å². The van der Waals surface area contributed by atoms with Gasteiger partial charge >= 0.3 is 0 Å². The maximum atomic E-state index is 13.5. The van der Waals surface area contributed by atoms with E-state index < -0.39 is 5.82 Å². The van der Waals surface area contributed by atoms with E-state index in [9.17, 15) is 9.18 Å². The molecule has 0 aliphatic carbocycles. The lowest BCUT2D eigenvalue weighted by molar-refractivity contribution is -0.115. The Morgan fingerprint density at radius 3 is 3.00 bits per heavy atom. The van der Waals surface area contributed by atoms with Gasteiger partial charge in [-0.3, -0.25) is 4.79 Å². The van der Waals surface area contributed by atoms with Crippen LogP contribution in [0.2, 0.25) is 0 Å². The minimum absolute atomic E-state index is 0.195. The Hall–Kier alpha value is -1.34. The first-order chi connectivity index (χ1) is 9.56. The number of aryl methyl sites for hydroxylation is 1. The molecule has 0 spiro atoms. The fourth-order valence-corrected chi connectivity index (χ4v) is 2.73. The molecule has 0 atom stereocenters. The van der Waals surface area contributed by atoms with Gasteiger partial charge in [0.1, 0.15) is 5.82 Å². The van der Waals surface area contributed by atoms with E-state index >= 15 is 0 Å². The maximum absolute atomic E-state index is 13.5. The summed E-state index contributed by atoms with van der Waals surface area (Å²) >= 11 is 4.66. The van der Waals surface area contributed by atoms with Gasteiger partial charge in [0, 0.05) is 36.1 Å². The van der Waals surface area contributed by atoms with Crippen molar-refractivity contribution < 1.29 is 9.18 Å². The van der Waals surface area contributed by atoms with Gasteiger partial charge in [-0.1, -0.05) is 27.7 Å². The molecule has 0 radical (unpaired) electrons. The number of benzene rings is 1. The van der Waals surface area contributed by atoms with E-state index in [0.717, 1.165) is 5.16 Å². The van der Waals surface area contributed by atoms with E-state index in [-0.39, 0.29) is 11.6 Å². The summed E-state index contributed by atoms with van der Waals surface area (Å²) in [7, 11) is 1.90. The second-order valence-corrected chi connectivity index (χ2v) is 6.07. The summed E-state index contributed by atoms with van der Waals surface area (Å²) < 4.78 is 16.1. The summed E-state index contributed by atoms with van der Waals surface area (Å²) in [4.78, 5) is 15.9. The molecule has 2 aromatic rings. The molecule has 1 N–H and O–H groups in total. The highest BCUT2D eigenvalue weighted by molar-refractivity contribution is 9.10. The Bertz CT molecular complexity index is 617. The largest absolute Gasteiger partial charge is 0.329 e. The number of amides is 1. The molecule has 0 unspecified atom stereocenters. The van der Waals surface area contributed by atoms with Gasteiger partial charge in [-0.2, -0.15) is 0 Å². The summed E-state index contributed by atoms with van der Waals surface area (Å²) in [6, 6.07) is 4.53. The number of hydrogen-bond donors (Lipinski definition) is 1. The number of carbonyl (C=O) groups is 1. The summed E-state index contributed by atoms with van der Waals surface area (Å²) in [5.41, 5.74) is 0.195. The van der Waals surface area contributed by atoms with Crippen LogP contribution in [0.3, 0.4) is 0 Å². The number of aromatic nitrogens is 2. The fourth-order valence-electron chi connectivity index (χ4n) is 1.53. The summed E-state index contributed by atoms with van der Waals surface area (Å²) in [5, 5.41) is 3.41. The van der Waals surface area contributed by atoms with Crippen molar-refractivity contribution in [2.45, 2.75) is 11.6 Å². The lowest BCUT2D eigenvalue weighted by Gasteiger charge is -2.06. The van der Waals surface area contributed by atoms with E-state index in [1.165, 1.54) is 23.9 Å². The molecule has 1 amide bonds. The van der Waals surface area contributed by atoms with Crippen LogP contribution in [0.25, 0.3) is 0 Å². The van der Waals surface area contributed by atoms with Gasteiger partial charge in [0.2, 0.25) is 5.91 Å². The topological polar surface area (TPSA) is 46.9 Å². The molecule has 0 aliphatic heterocycles. The van der Waals surface area contributed by atoms with Gasteiger partial charge in [-0.15, -0.1) is 0 Å². The first kappa shape index (κ1) is 15.1. The van der Waals surface area contributed by atoms with Crippen LogP contribution in [0.1, 0.15) is 6.42 Å². The summed E-state index contributed by atoms with van der Waals surface area (Å²) in [6.45, 7) is 0. The third kappa shape index (κ3) is 4.08. The molecule has 0 bridgehead atoms. The van der Waals surface area contributed by atoms with Crippen molar-refractivity contribution in [1.29, 1.82) is 0 Å². The van der Waals surface area contributed by atoms with E-state index in [1.807, 2.05) is 17.8 Å². The van der Waals surface area contributed by atoms with Gasteiger partial charge in [0.05, 0.1) is 5.69 Å². The number of hydrogen-bond acceptors (Lipinski definition) is 3. The average Bonchev–Trinajstić information content (AvgIpc) is 2.79. The van der Waals surface area contributed by atoms with E-state index in [4.69, 9.17) is 0 Å². The summed E-state index contributed by atoms with van der Waals surface area (Å²) in [5.74, 6) is -0.0770. The van der Waals surface area contributed by atoms with E-state index in [1.54, 1.807) is 12.3 Å². The fraction of sp³-hybridized carbons (Fsp3) is 0.231. The number of imidazole rings is 1. The van der Waals surface area contributed by atoms with Crippen LogP contribution in [0.15, 0.2) is 40.2 Å². The minimum Gasteiger partial charge on any atom is -0.329 e. The number of nitrogens with one attached hydrogen (secondary N) is 1. The molecule has 1 heterocycles. The smallest absolute Gasteiger partial charge is 0.225 e. The predicted molar refractivity (Wildman–Crippen MR) is 81.3 cm³/mol. The van der Waals surface area contributed by atoms with Crippen LogP contribution in [0.5, 0.6) is 0 Å². The monoisotopic (exact) mass is 357 g/mol. The third-order valence-corrected chi connectivity index (χ3v) is 4.10. The normalized spacial score (nSPS) is 10.6. The molecule has 1 aromatic carbocycles. The zero-order chi connectivity index (χ0) is 14.5. The van der Waals surface area contributed by atoms with Gasteiger partial charge < -0.3 is 9.88 Å². The molecule has 0 fully saturated rings. The molecule has 0 saturated carbocycles. The molecule has 0 saturated heterocycles. The minimum atomic E-state index is -0.454. The Kier molecular flexibility index (Phi) is 5.19. The number of nitrogens with zero attached hydrogens (tertiary/aromatic N) is 2. The zero-order valence-electron chi connectivity index (χ0n) is 10.8. The Labute approximate surface area is 128 Å². The number of halogens is 2. The quantitative estimate of drug-likeness (QED) is 0.833. The Morgan fingerprint density at radius 1 is 1.55 bits per heavy atom. The molecule has 0 aliphatic rings. The SMILES string of the molecule is Cn1ccnc1SCCC(=O)Nc1ccc(Br)cc1F. The van der Waals surface area contributed by atoms with Crippen LogP contribution in [0, 0.1) is 5.82 Å². The van der Waals surface area contributed by atoms with E-state index in [0.29, 0.717) is 16.6 Å². The average molecular weight is 358 g/mol. The second-order valence-electron chi connectivity index (χ2n) is 4.09. The number of carbonyl (C=O) groups excluding carboxylic acids is 1. The number of rotatable bonds is 5. The predicted octanol–water partition coefficient (Wildman–Crippen LogP) is 3.44. The zero-order valence-corrected chi connectivity index (χ0v) is 13.2. The van der Waals surface area contributed by atoms with Crippen molar-refractivity contribution in [3.8, 4) is 0 Å². The molecular weight excluding hydrogens is 345 g/mol. The Balaban J connectivity index is 1.82. The highest BCUT2D eigenvalue weighted by atomic mass is 79.9. The van der Waals surface area contributed by atoms with Crippen LogP contribution in [-0.4, -0.2) is 21.2 Å². The lowest BCUT2D eigenvalue weighted by Crippen LogP contribution is -2.13. The molecular formula is C13H13BrFN3OS. The van der Waals surface area contributed by atoms with Crippen molar-refractivity contribution in [3.05, 3.63) is 40.9 Å². The van der Waals surface area contributed by atoms with Crippen molar-refractivity contribution >= 4 is 39.3 Å². The van der Waals surface area contributed by atoms with Gasteiger partial charge in [-0.05, 0) is 18.2 Å². The first-order valence-electron chi connectivity index (χ1n) is 5.91. The van der Waals surface area contributed by atoms with Gasteiger partial charge in [0.25, 0.3) is 0 Å². The standard InChI is InChI=1S/C13H13BrFN3OS/c1-18-6-5-16-13(18)20-7-4-12(19)17-11-3-2-9(14)8-10(11)15/h2-3,5-6,8H,4,7H2,1H3,(H,17,19). The van der Waals surface area contributed by atoms with Crippen LogP contribution < -0.4 is 5.32 Å². The highest BCUT2D eigenvalue weighted by Gasteiger charge is 2.08.